The minimum absolute atomic E-state index is 0.280. The second-order valence-electron chi connectivity index (χ2n) is 3.39. The third kappa shape index (κ3) is 3.75. The molecule has 0 saturated heterocycles. The molecule has 1 rings (SSSR count). The Hall–Kier alpha value is -2.11. The third-order valence-electron chi connectivity index (χ3n) is 2.00. The van der Waals surface area contributed by atoms with E-state index in [0.29, 0.717) is 5.69 Å². The van der Waals surface area contributed by atoms with Crippen LogP contribution in [0.1, 0.15) is 24.2 Å². The average molecular weight is 238 g/mol. The molecule has 1 unspecified atom stereocenters. The van der Waals surface area contributed by atoms with E-state index in [1.165, 1.54) is 25.4 Å². The van der Waals surface area contributed by atoms with Gasteiger partial charge in [-0.25, -0.2) is 4.79 Å². The highest BCUT2D eigenvalue weighted by atomic mass is 16.5. The van der Waals surface area contributed by atoms with Crippen molar-refractivity contribution in [2.24, 2.45) is 0 Å². The Bertz CT molecular complexity index is 420. The molecule has 0 fully saturated rings. The second-order valence-corrected chi connectivity index (χ2v) is 3.39. The molecule has 6 heteroatoms. The van der Waals surface area contributed by atoms with Crippen LogP contribution >= 0.6 is 0 Å². The lowest BCUT2D eigenvalue weighted by atomic mass is 10.2. The Morgan fingerprint density at radius 2 is 2.24 bits per heavy atom. The molecule has 1 aromatic heterocycles. The summed E-state index contributed by atoms with van der Waals surface area (Å²) in [6, 6.07) is 0.749. The molecule has 0 amide bonds. The van der Waals surface area contributed by atoms with Gasteiger partial charge in [-0.05, 0) is 19.9 Å². The minimum Gasteiger partial charge on any atom is -0.480 e. The Kier molecular flexibility index (Phi) is 4.45. The van der Waals surface area contributed by atoms with E-state index in [0.717, 1.165) is 0 Å². The largest absolute Gasteiger partial charge is 0.480 e. The number of carboxylic acid groups (broad SMARTS) is 1. The normalized spacial score (nSPS) is 11.6. The monoisotopic (exact) mass is 238 g/mol. The van der Waals surface area contributed by atoms with Crippen LogP contribution in [0.15, 0.2) is 18.5 Å². The number of nitrogens with one attached hydrogen (secondary N) is 1. The molecule has 2 N–H and O–H groups in total. The molecule has 0 aliphatic carbocycles. The number of ether oxygens (including phenoxy) is 1. The first kappa shape index (κ1) is 13.0. The number of esters is 1. The average Bonchev–Trinajstić information content (AvgIpc) is 2.29. The number of carboxylic acids is 1. The molecular weight excluding hydrogens is 224 g/mol. The van der Waals surface area contributed by atoms with Crippen LogP contribution in [0, 0.1) is 0 Å². The Balaban J connectivity index is 2.79. The van der Waals surface area contributed by atoms with Gasteiger partial charge in [0.25, 0.3) is 0 Å². The summed E-state index contributed by atoms with van der Waals surface area (Å²) in [4.78, 5) is 25.9. The standard InChI is InChI=1S/C11H14N2O4/c1-3-17-11(16)8-4-9(6-12-5-8)13-7(2)10(14)15/h4-7,13H,3H2,1-2H3,(H,14,15). The lowest BCUT2D eigenvalue weighted by Gasteiger charge is -2.10. The van der Waals surface area contributed by atoms with Crippen LogP contribution in [0.25, 0.3) is 0 Å². The molecule has 1 atom stereocenters. The van der Waals surface area contributed by atoms with Crippen molar-refractivity contribution in [3.05, 3.63) is 24.0 Å². The van der Waals surface area contributed by atoms with Crippen molar-refractivity contribution in [1.29, 1.82) is 0 Å². The van der Waals surface area contributed by atoms with Gasteiger partial charge in [0.2, 0.25) is 0 Å². The summed E-state index contributed by atoms with van der Waals surface area (Å²) in [5.41, 5.74) is 0.750. The van der Waals surface area contributed by atoms with Crippen molar-refractivity contribution in [3.63, 3.8) is 0 Å². The first-order valence-corrected chi connectivity index (χ1v) is 5.16. The van der Waals surface area contributed by atoms with E-state index in [-0.39, 0.29) is 12.2 Å². The topological polar surface area (TPSA) is 88.5 Å². The van der Waals surface area contributed by atoms with E-state index in [1.54, 1.807) is 6.92 Å². The molecule has 0 radical (unpaired) electrons. The molecule has 92 valence electrons. The summed E-state index contributed by atoms with van der Waals surface area (Å²) in [7, 11) is 0. The molecule has 0 bridgehead atoms. The SMILES string of the molecule is CCOC(=O)c1cncc(NC(C)C(=O)O)c1. The molecule has 0 aromatic carbocycles. The van der Waals surface area contributed by atoms with Gasteiger partial charge in [-0.3, -0.25) is 9.78 Å². The number of carbonyl (C=O) groups excluding carboxylic acids is 1. The van der Waals surface area contributed by atoms with Gasteiger partial charge in [0.1, 0.15) is 6.04 Å². The number of pyridine rings is 1. The van der Waals surface area contributed by atoms with Crippen molar-refractivity contribution < 1.29 is 19.4 Å². The zero-order chi connectivity index (χ0) is 12.8. The number of hydrogen-bond donors (Lipinski definition) is 2. The summed E-state index contributed by atoms with van der Waals surface area (Å²) in [6.07, 6.45) is 2.82. The molecule has 1 aromatic rings. The predicted octanol–water partition coefficient (Wildman–Crippen LogP) is 1.14. The van der Waals surface area contributed by atoms with Crippen LogP contribution in [-0.2, 0) is 9.53 Å². The highest BCUT2D eigenvalue weighted by Crippen LogP contribution is 2.10. The zero-order valence-electron chi connectivity index (χ0n) is 9.64. The molecule has 17 heavy (non-hydrogen) atoms. The number of aliphatic carboxylic acids is 1. The smallest absolute Gasteiger partial charge is 0.339 e. The number of aromatic nitrogens is 1. The van der Waals surface area contributed by atoms with Crippen molar-refractivity contribution in [3.8, 4) is 0 Å². The van der Waals surface area contributed by atoms with Gasteiger partial charge in [0.15, 0.2) is 0 Å². The van der Waals surface area contributed by atoms with Crippen molar-refractivity contribution >= 4 is 17.6 Å². The fourth-order valence-electron chi connectivity index (χ4n) is 1.16. The summed E-state index contributed by atoms with van der Waals surface area (Å²) in [6.45, 7) is 3.49. The van der Waals surface area contributed by atoms with Gasteiger partial charge in [-0.2, -0.15) is 0 Å². The lowest BCUT2D eigenvalue weighted by molar-refractivity contribution is -0.137. The summed E-state index contributed by atoms with van der Waals surface area (Å²) in [5, 5.41) is 11.4. The van der Waals surface area contributed by atoms with Gasteiger partial charge in [0, 0.05) is 6.20 Å². The fraction of sp³-hybridized carbons (Fsp3) is 0.364. The highest BCUT2D eigenvalue weighted by molar-refractivity contribution is 5.90. The lowest BCUT2D eigenvalue weighted by Crippen LogP contribution is -2.25. The van der Waals surface area contributed by atoms with E-state index in [1.807, 2.05) is 0 Å². The van der Waals surface area contributed by atoms with E-state index in [2.05, 4.69) is 10.3 Å². The van der Waals surface area contributed by atoms with Gasteiger partial charge in [-0.15, -0.1) is 0 Å². The Morgan fingerprint density at radius 1 is 1.53 bits per heavy atom. The number of carbonyl (C=O) groups is 2. The van der Waals surface area contributed by atoms with Gasteiger partial charge >= 0.3 is 11.9 Å². The predicted molar refractivity (Wildman–Crippen MR) is 60.9 cm³/mol. The maximum atomic E-state index is 11.4. The summed E-state index contributed by atoms with van der Waals surface area (Å²) < 4.78 is 4.81. The molecule has 0 saturated carbocycles. The van der Waals surface area contributed by atoms with Crippen LogP contribution in [0.3, 0.4) is 0 Å². The third-order valence-corrected chi connectivity index (χ3v) is 2.00. The van der Waals surface area contributed by atoms with E-state index < -0.39 is 18.0 Å². The molecule has 1 heterocycles. The van der Waals surface area contributed by atoms with Crippen LogP contribution in [0.5, 0.6) is 0 Å². The van der Waals surface area contributed by atoms with Crippen LogP contribution in [-0.4, -0.2) is 34.7 Å². The first-order valence-electron chi connectivity index (χ1n) is 5.16. The number of hydrogen-bond acceptors (Lipinski definition) is 5. The van der Waals surface area contributed by atoms with Crippen LogP contribution in [0.4, 0.5) is 5.69 Å². The fourth-order valence-corrected chi connectivity index (χ4v) is 1.16. The summed E-state index contributed by atoms with van der Waals surface area (Å²) >= 11 is 0. The maximum absolute atomic E-state index is 11.4. The van der Waals surface area contributed by atoms with E-state index in [9.17, 15) is 9.59 Å². The van der Waals surface area contributed by atoms with Gasteiger partial charge in [-0.1, -0.05) is 0 Å². The quantitative estimate of drug-likeness (QED) is 0.748. The van der Waals surface area contributed by atoms with Crippen molar-refractivity contribution in [2.75, 3.05) is 11.9 Å². The second kappa shape index (κ2) is 5.83. The van der Waals surface area contributed by atoms with Gasteiger partial charge < -0.3 is 15.2 Å². The molecular formula is C11H14N2O4. The van der Waals surface area contributed by atoms with Crippen molar-refractivity contribution in [2.45, 2.75) is 19.9 Å². The number of nitrogens with zero attached hydrogens (tertiary/aromatic N) is 1. The Morgan fingerprint density at radius 3 is 2.82 bits per heavy atom. The first-order chi connectivity index (χ1) is 8.04. The van der Waals surface area contributed by atoms with Crippen LogP contribution in [0.2, 0.25) is 0 Å². The number of anilines is 1. The van der Waals surface area contributed by atoms with E-state index >= 15 is 0 Å². The summed E-state index contributed by atoms with van der Waals surface area (Å²) in [5.74, 6) is -1.46. The molecule has 6 nitrogen and oxygen atoms in total. The minimum atomic E-state index is -0.980. The van der Waals surface area contributed by atoms with Crippen molar-refractivity contribution in [1.82, 2.24) is 4.98 Å². The molecule has 0 spiro atoms. The highest BCUT2D eigenvalue weighted by Gasteiger charge is 2.12. The van der Waals surface area contributed by atoms with Crippen LogP contribution < -0.4 is 5.32 Å². The number of rotatable bonds is 5. The zero-order valence-corrected chi connectivity index (χ0v) is 9.64. The van der Waals surface area contributed by atoms with Gasteiger partial charge in [0.05, 0.1) is 24.1 Å². The maximum Gasteiger partial charge on any atom is 0.339 e. The van der Waals surface area contributed by atoms with E-state index in [4.69, 9.17) is 9.84 Å². The molecule has 0 aliphatic heterocycles. The Labute approximate surface area is 98.6 Å². The molecule has 0 aliphatic rings.